The van der Waals surface area contributed by atoms with E-state index in [2.05, 4.69) is 15.9 Å². The van der Waals surface area contributed by atoms with E-state index in [9.17, 15) is 21.6 Å². The maximum atomic E-state index is 11.9. The Morgan fingerprint density at radius 2 is 1.62 bits per heavy atom. The molecule has 0 aliphatic heterocycles. The van der Waals surface area contributed by atoms with Crippen LogP contribution in [-0.2, 0) is 9.84 Å². The van der Waals surface area contributed by atoms with Crippen LogP contribution >= 0.6 is 15.9 Å². The van der Waals surface area contributed by atoms with Gasteiger partial charge < -0.3 is 0 Å². The molecule has 2 nitrogen and oxygen atoms in total. The minimum absolute atomic E-state index is 0.0973. The predicted octanol–water partition coefficient (Wildman–Crippen LogP) is 3.18. The molecule has 0 amide bonds. The maximum absolute atomic E-state index is 11.9. The Balaban J connectivity index is 2.83. The van der Waals surface area contributed by atoms with Crippen molar-refractivity contribution >= 4 is 25.8 Å². The fourth-order valence-corrected chi connectivity index (χ4v) is 2.56. The second kappa shape index (κ2) is 4.75. The summed E-state index contributed by atoms with van der Waals surface area (Å²) in [5.74, 6) is -0.919. The summed E-state index contributed by atoms with van der Waals surface area (Å²) in [6.07, 6.45) is -5.78. The molecule has 0 N–H and O–H groups in total. The highest BCUT2D eigenvalue weighted by Crippen LogP contribution is 2.23. The van der Waals surface area contributed by atoms with Crippen LogP contribution in [0.15, 0.2) is 33.6 Å². The Kier molecular flexibility index (Phi) is 4.01. The molecule has 90 valence electrons. The van der Waals surface area contributed by atoms with E-state index < -0.39 is 28.2 Å². The van der Waals surface area contributed by atoms with E-state index >= 15 is 0 Å². The van der Waals surface area contributed by atoms with Gasteiger partial charge in [-0.3, -0.25) is 0 Å². The molecular formula is C9H8BrF3O2S. The van der Waals surface area contributed by atoms with Crippen molar-refractivity contribution in [1.29, 1.82) is 0 Å². The summed E-state index contributed by atoms with van der Waals surface area (Å²) >= 11 is 3.11. The molecule has 0 saturated carbocycles. The summed E-state index contributed by atoms with van der Waals surface area (Å²) in [6.45, 7) is 0. The summed E-state index contributed by atoms with van der Waals surface area (Å²) in [7, 11) is -3.85. The van der Waals surface area contributed by atoms with Gasteiger partial charge in [0.2, 0.25) is 0 Å². The van der Waals surface area contributed by atoms with E-state index in [0.29, 0.717) is 4.47 Å². The number of hydrogen-bond acceptors (Lipinski definition) is 2. The lowest BCUT2D eigenvalue weighted by atomic mass is 10.4. The Hall–Kier alpha value is -0.560. The molecular weight excluding hydrogens is 309 g/mol. The van der Waals surface area contributed by atoms with Gasteiger partial charge in [-0.1, -0.05) is 15.9 Å². The average Bonchev–Trinajstić information content (AvgIpc) is 2.15. The molecule has 0 aromatic heterocycles. The van der Waals surface area contributed by atoms with E-state index in [0.717, 1.165) is 0 Å². The molecule has 0 aliphatic carbocycles. The molecule has 7 heteroatoms. The van der Waals surface area contributed by atoms with Gasteiger partial charge in [0, 0.05) is 4.47 Å². The van der Waals surface area contributed by atoms with E-state index in [4.69, 9.17) is 0 Å². The fourth-order valence-electron chi connectivity index (χ4n) is 1.01. The van der Waals surface area contributed by atoms with Gasteiger partial charge in [0.1, 0.15) is 0 Å². The van der Waals surface area contributed by atoms with Gasteiger partial charge in [-0.2, -0.15) is 13.2 Å². The Labute approximate surface area is 99.5 Å². The molecule has 1 aromatic carbocycles. The van der Waals surface area contributed by atoms with Crippen molar-refractivity contribution in [3.8, 4) is 0 Å². The van der Waals surface area contributed by atoms with Gasteiger partial charge in [-0.05, 0) is 24.3 Å². The third-order valence-corrected chi connectivity index (χ3v) is 4.09. The molecule has 1 aromatic rings. The van der Waals surface area contributed by atoms with Crippen LogP contribution in [-0.4, -0.2) is 20.3 Å². The lowest BCUT2D eigenvalue weighted by Crippen LogP contribution is -2.16. The zero-order valence-electron chi connectivity index (χ0n) is 7.96. The predicted molar refractivity (Wildman–Crippen MR) is 56.9 cm³/mol. The molecule has 0 bridgehead atoms. The van der Waals surface area contributed by atoms with Crippen LogP contribution in [0, 0.1) is 0 Å². The van der Waals surface area contributed by atoms with E-state index in [1.54, 1.807) is 0 Å². The van der Waals surface area contributed by atoms with E-state index in [-0.39, 0.29) is 4.90 Å². The molecule has 0 fully saturated rings. The lowest BCUT2D eigenvalue weighted by Gasteiger charge is -2.07. The first kappa shape index (κ1) is 13.5. The first-order valence-electron chi connectivity index (χ1n) is 4.26. The molecule has 0 aliphatic rings. The van der Waals surface area contributed by atoms with Crippen molar-refractivity contribution < 1.29 is 21.6 Å². The average molecular weight is 317 g/mol. The van der Waals surface area contributed by atoms with Gasteiger partial charge in [-0.25, -0.2) is 8.42 Å². The number of sulfone groups is 1. The summed E-state index contributed by atoms with van der Waals surface area (Å²) in [5.41, 5.74) is 0. The molecule has 0 spiro atoms. The van der Waals surface area contributed by atoms with Crippen LogP contribution in [0.25, 0.3) is 0 Å². The second-order valence-corrected chi connectivity index (χ2v) is 6.16. The number of benzene rings is 1. The summed E-state index contributed by atoms with van der Waals surface area (Å²) < 4.78 is 59.3. The first-order valence-corrected chi connectivity index (χ1v) is 6.70. The minimum Gasteiger partial charge on any atom is -0.224 e. The van der Waals surface area contributed by atoms with Gasteiger partial charge in [0.15, 0.2) is 9.84 Å². The highest BCUT2D eigenvalue weighted by Gasteiger charge is 2.30. The van der Waals surface area contributed by atoms with Gasteiger partial charge in [0.25, 0.3) is 0 Å². The van der Waals surface area contributed by atoms with Gasteiger partial charge in [0.05, 0.1) is 17.1 Å². The van der Waals surface area contributed by atoms with Crippen LogP contribution in [0.4, 0.5) is 13.2 Å². The Morgan fingerprint density at radius 3 is 2.06 bits per heavy atom. The van der Waals surface area contributed by atoms with Crippen LogP contribution in [0.1, 0.15) is 6.42 Å². The standard InChI is InChI=1S/C9H8BrF3O2S/c10-7-1-3-8(4-2-7)16(14,15)6-5-9(11,12)13/h1-4H,5-6H2. The SMILES string of the molecule is O=S(=O)(CCC(F)(F)F)c1ccc(Br)cc1. The normalized spacial score (nSPS) is 12.8. The van der Waals surface area contributed by atoms with Crippen molar-refractivity contribution in [1.82, 2.24) is 0 Å². The van der Waals surface area contributed by atoms with Gasteiger partial charge >= 0.3 is 6.18 Å². The highest BCUT2D eigenvalue weighted by atomic mass is 79.9. The quantitative estimate of drug-likeness (QED) is 0.858. The number of halogens is 4. The van der Waals surface area contributed by atoms with Gasteiger partial charge in [-0.15, -0.1) is 0 Å². The second-order valence-electron chi connectivity index (χ2n) is 3.14. The van der Waals surface area contributed by atoms with Crippen molar-refractivity contribution in [3.63, 3.8) is 0 Å². The Morgan fingerprint density at radius 1 is 1.12 bits per heavy atom. The molecule has 0 unspecified atom stereocenters. The van der Waals surface area contributed by atoms with Crippen LogP contribution < -0.4 is 0 Å². The summed E-state index contributed by atoms with van der Waals surface area (Å²) in [4.78, 5) is -0.0973. The van der Waals surface area contributed by atoms with Crippen molar-refractivity contribution in [3.05, 3.63) is 28.7 Å². The minimum atomic E-state index is -4.46. The molecule has 0 heterocycles. The maximum Gasteiger partial charge on any atom is 0.390 e. The molecule has 0 saturated heterocycles. The highest BCUT2D eigenvalue weighted by molar-refractivity contribution is 9.10. The zero-order valence-corrected chi connectivity index (χ0v) is 10.4. The topological polar surface area (TPSA) is 34.1 Å². The largest absolute Gasteiger partial charge is 0.390 e. The van der Waals surface area contributed by atoms with Crippen LogP contribution in [0.2, 0.25) is 0 Å². The number of hydrogen-bond donors (Lipinski definition) is 0. The van der Waals surface area contributed by atoms with Crippen LogP contribution in [0.5, 0.6) is 0 Å². The summed E-state index contributed by atoms with van der Waals surface area (Å²) in [6, 6.07) is 5.49. The monoisotopic (exact) mass is 316 g/mol. The van der Waals surface area contributed by atoms with Crippen molar-refractivity contribution in [2.75, 3.05) is 5.75 Å². The smallest absolute Gasteiger partial charge is 0.224 e. The van der Waals surface area contributed by atoms with Crippen LogP contribution in [0.3, 0.4) is 0 Å². The molecule has 0 atom stereocenters. The summed E-state index contributed by atoms with van der Waals surface area (Å²) in [5, 5.41) is 0. The molecule has 16 heavy (non-hydrogen) atoms. The lowest BCUT2D eigenvalue weighted by molar-refractivity contribution is -0.129. The van der Waals surface area contributed by atoms with Crippen molar-refractivity contribution in [2.24, 2.45) is 0 Å². The molecule has 1 rings (SSSR count). The van der Waals surface area contributed by atoms with Crippen molar-refractivity contribution in [2.45, 2.75) is 17.5 Å². The third-order valence-electron chi connectivity index (χ3n) is 1.83. The Bertz CT molecular complexity index is 451. The van der Waals surface area contributed by atoms with E-state index in [1.807, 2.05) is 0 Å². The third kappa shape index (κ3) is 4.13. The molecule has 0 radical (unpaired) electrons. The zero-order chi connectivity index (χ0) is 12.4. The fraction of sp³-hybridized carbons (Fsp3) is 0.333. The number of rotatable bonds is 3. The van der Waals surface area contributed by atoms with E-state index in [1.165, 1.54) is 24.3 Å². The first-order chi connectivity index (χ1) is 7.21. The number of alkyl halides is 3.